The van der Waals surface area contributed by atoms with Crippen molar-refractivity contribution < 1.29 is 9.59 Å². The number of anilines is 1. The number of nitrogens with one attached hydrogen (secondary N) is 1. The van der Waals surface area contributed by atoms with Crippen molar-refractivity contribution in [1.82, 2.24) is 24.7 Å². The summed E-state index contributed by atoms with van der Waals surface area (Å²) in [7, 11) is 3.53. The van der Waals surface area contributed by atoms with Crippen molar-refractivity contribution in [2.45, 2.75) is 6.04 Å². The monoisotopic (exact) mass is 304 g/mol. The van der Waals surface area contributed by atoms with E-state index in [4.69, 9.17) is 0 Å². The zero-order chi connectivity index (χ0) is 15.7. The molecule has 0 bridgehead atoms. The first-order chi connectivity index (χ1) is 10.6. The summed E-state index contributed by atoms with van der Waals surface area (Å²) in [5.74, 6) is 0.444. The summed E-state index contributed by atoms with van der Waals surface area (Å²) in [6, 6.07) is -0.228. The first-order valence-corrected chi connectivity index (χ1v) is 7.38. The predicted octanol–water partition coefficient (Wildman–Crippen LogP) is -0.883. The SMILES string of the molecule is CNc1ncc(C(=O)N2CCN3CCN(C)C(=O)[C@H]3C2)cn1. The minimum atomic E-state index is -0.228. The molecule has 2 aliphatic rings. The Morgan fingerprint density at radius 3 is 2.59 bits per heavy atom. The second-order valence-electron chi connectivity index (χ2n) is 5.61. The van der Waals surface area contributed by atoms with Gasteiger partial charge < -0.3 is 15.1 Å². The molecule has 0 spiro atoms. The van der Waals surface area contributed by atoms with Crippen molar-refractivity contribution in [2.24, 2.45) is 0 Å². The van der Waals surface area contributed by atoms with E-state index in [2.05, 4.69) is 20.2 Å². The molecular weight excluding hydrogens is 284 g/mol. The second kappa shape index (κ2) is 5.88. The van der Waals surface area contributed by atoms with E-state index in [1.165, 1.54) is 12.4 Å². The lowest BCUT2D eigenvalue weighted by Gasteiger charge is -2.45. The predicted molar refractivity (Wildman–Crippen MR) is 80.5 cm³/mol. The Bertz CT molecular complexity index is 575. The summed E-state index contributed by atoms with van der Waals surface area (Å²) in [5.41, 5.74) is 0.448. The number of amides is 2. The van der Waals surface area contributed by atoms with E-state index in [1.807, 2.05) is 7.05 Å². The lowest BCUT2D eigenvalue weighted by atomic mass is 10.1. The van der Waals surface area contributed by atoms with Crippen LogP contribution in [0.5, 0.6) is 0 Å². The summed E-state index contributed by atoms with van der Waals surface area (Å²) in [6.07, 6.45) is 3.03. The molecule has 118 valence electrons. The van der Waals surface area contributed by atoms with E-state index in [0.29, 0.717) is 24.6 Å². The third kappa shape index (κ3) is 2.61. The molecule has 1 N–H and O–H groups in total. The number of aromatic nitrogens is 2. The van der Waals surface area contributed by atoms with Crippen LogP contribution in [0.4, 0.5) is 5.95 Å². The van der Waals surface area contributed by atoms with Crippen molar-refractivity contribution in [3.05, 3.63) is 18.0 Å². The average molecular weight is 304 g/mol. The number of carbonyl (C=O) groups is 2. The van der Waals surface area contributed by atoms with E-state index in [-0.39, 0.29) is 17.9 Å². The molecule has 8 nitrogen and oxygen atoms in total. The normalized spacial score (nSPS) is 22.5. The van der Waals surface area contributed by atoms with Gasteiger partial charge in [0.05, 0.1) is 5.56 Å². The smallest absolute Gasteiger partial charge is 0.257 e. The molecule has 2 aliphatic heterocycles. The number of carbonyl (C=O) groups excluding carboxylic acids is 2. The third-order valence-electron chi connectivity index (χ3n) is 4.28. The average Bonchev–Trinajstić information content (AvgIpc) is 2.57. The van der Waals surface area contributed by atoms with E-state index in [1.54, 1.807) is 16.8 Å². The highest BCUT2D eigenvalue weighted by Gasteiger charge is 2.38. The molecular formula is C14H20N6O2. The maximum absolute atomic E-state index is 12.5. The number of fused-ring (bicyclic) bond motifs is 1. The number of hydrogen-bond donors (Lipinski definition) is 1. The molecule has 22 heavy (non-hydrogen) atoms. The summed E-state index contributed by atoms with van der Waals surface area (Å²) < 4.78 is 0. The topological polar surface area (TPSA) is 81.7 Å². The summed E-state index contributed by atoms with van der Waals surface area (Å²) >= 11 is 0. The van der Waals surface area contributed by atoms with Gasteiger partial charge in [0.15, 0.2) is 0 Å². The Labute approximate surface area is 129 Å². The van der Waals surface area contributed by atoms with Crippen molar-refractivity contribution in [1.29, 1.82) is 0 Å². The molecule has 3 heterocycles. The Balaban J connectivity index is 1.72. The molecule has 0 unspecified atom stereocenters. The Kier molecular flexibility index (Phi) is 3.93. The number of hydrogen-bond acceptors (Lipinski definition) is 6. The fourth-order valence-electron chi connectivity index (χ4n) is 2.90. The van der Waals surface area contributed by atoms with Gasteiger partial charge in [0.2, 0.25) is 11.9 Å². The van der Waals surface area contributed by atoms with Crippen LogP contribution >= 0.6 is 0 Å². The van der Waals surface area contributed by atoms with Crippen LogP contribution in [-0.4, -0.2) is 89.3 Å². The zero-order valence-corrected chi connectivity index (χ0v) is 12.8. The molecule has 8 heteroatoms. The zero-order valence-electron chi connectivity index (χ0n) is 12.8. The Morgan fingerprint density at radius 2 is 1.91 bits per heavy atom. The lowest BCUT2D eigenvalue weighted by molar-refractivity contribution is -0.142. The fourth-order valence-corrected chi connectivity index (χ4v) is 2.90. The highest BCUT2D eigenvalue weighted by Crippen LogP contribution is 2.17. The van der Waals surface area contributed by atoms with Gasteiger partial charge >= 0.3 is 0 Å². The standard InChI is InChI=1S/C14H20N6O2/c1-15-14-16-7-10(8-17-14)12(21)20-6-5-19-4-3-18(2)13(22)11(19)9-20/h7-8,11H,3-6,9H2,1-2H3,(H,15,16,17)/t11-/m1/s1. The fraction of sp³-hybridized carbons (Fsp3) is 0.571. The number of rotatable bonds is 2. The van der Waals surface area contributed by atoms with Crippen molar-refractivity contribution >= 4 is 17.8 Å². The number of piperazine rings is 2. The van der Waals surface area contributed by atoms with Gasteiger partial charge in [-0.05, 0) is 0 Å². The van der Waals surface area contributed by atoms with Crippen molar-refractivity contribution in [2.75, 3.05) is 52.1 Å². The largest absolute Gasteiger partial charge is 0.357 e. The highest BCUT2D eigenvalue weighted by atomic mass is 16.2. The summed E-state index contributed by atoms with van der Waals surface area (Å²) in [5, 5.41) is 2.82. The molecule has 0 aromatic carbocycles. The highest BCUT2D eigenvalue weighted by molar-refractivity contribution is 5.94. The maximum atomic E-state index is 12.5. The summed E-state index contributed by atoms with van der Waals surface area (Å²) in [6.45, 7) is 3.40. The first kappa shape index (κ1) is 14.7. The van der Waals surface area contributed by atoms with Crippen LogP contribution in [0.15, 0.2) is 12.4 Å². The van der Waals surface area contributed by atoms with Crippen LogP contribution in [0.1, 0.15) is 10.4 Å². The van der Waals surface area contributed by atoms with Crippen LogP contribution in [0.3, 0.4) is 0 Å². The number of likely N-dealkylation sites (N-methyl/N-ethyl adjacent to an activating group) is 1. The molecule has 2 fully saturated rings. The van der Waals surface area contributed by atoms with Gasteiger partial charge in [-0.1, -0.05) is 0 Å². The molecule has 0 aliphatic carbocycles. The Morgan fingerprint density at radius 1 is 1.23 bits per heavy atom. The van der Waals surface area contributed by atoms with Gasteiger partial charge in [0.25, 0.3) is 5.91 Å². The molecule has 2 amide bonds. The summed E-state index contributed by atoms with van der Waals surface area (Å²) in [4.78, 5) is 38.6. The quantitative estimate of drug-likeness (QED) is 0.764. The molecule has 3 rings (SSSR count). The van der Waals surface area contributed by atoms with E-state index in [0.717, 1.165) is 19.6 Å². The number of nitrogens with zero attached hydrogens (tertiary/aromatic N) is 5. The van der Waals surface area contributed by atoms with Gasteiger partial charge in [-0.3, -0.25) is 14.5 Å². The van der Waals surface area contributed by atoms with Gasteiger partial charge in [0.1, 0.15) is 6.04 Å². The second-order valence-corrected chi connectivity index (χ2v) is 5.61. The third-order valence-corrected chi connectivity index (χ3v) is 4.28. The Hall–Kier alpha value is -2.22. The minimum Gasteiger partial charge on any atom is -0.357 e. The molecule has 2 saturated heterocycles. The van der Waals surface area contributed by atoms with Gasteiger partial charge in [-0.15, -0.1) is 0 Å². The molecule has 1 aromatic heterocycles. The first-order valence-electron chi connectivity index (χ1n) is 7.38. The maximum Gasteiger partial charge on any atom is 0.257 e. The van der Waals surface area contributed by atoms with Crippen LogP contribution in [0, 0.1) is 0 Å². The molecule has 0 radical (unpaired) electrons. The van der Waals surface area contributed by atoms with E-state index in [9.17, 15) is 9.59 Å². The van der Waals surface area contributed by atoms with Crippen LogP contribution in [0.2, 0.25) is 0 Å². The van der Waals surface area contributed by atoms with Crippen LogP contribution in [0.25, 0.3) is 0 Å². The lowest BCUT2D eigenvalue weighted by Crippen LogP contribution is -2.64. The van der Waals surface area contributed by atoms with Crippen LogP contribution < -0.4 is 5.32 Å². The van der Waals surface area contributed by atoms with Crippen molar-refractivity contribution in [3.63, 3.8) is 0 Å². The van der Waals surface area contributed by atoms with E-state index < -0.39 is 0 Å². The van der Waals surface area contributed by atoms with Gasteiger partial charge in [-0.25, -0.2) is 9.97 Å². The van der Waals surface area contributed by atoms with Crippen LogP contribution in [-0.2, 0) is 4.79 Å². The molecule has 0 saturated carbocycles. The van der Waals surface area contributed by atoms with Crippen molar-refractivity contribution in [3.8, 4) is 0 Å². The minimum absolute atomic E-state index is 0.0885. The van der Waals surface area contributed by atoms with Gasteiger partial charge in [-0.2, -0.15) is 0 Å². The molecule has 1 aromatic rings. The van der Waals surface area contributed by atoms with E-state index >= 15 is 0 Å². The molecule has 1 atom stereocenters. The van der Waals surface area contributed by atoms with Gasteiger partial charge in [0, 0.05) is 59.2 Å².